The van der Waals surface area contributed by atoms with Gasteiger partial charge in [-0.15, -0.1) is 0 Å². The highest BCUT2D eigenvalue weighted by Gasteiger charge is 2.43. The molecule has 0 saturated carbocycles. The first-order valence-corrected chi connectivity index (χ1v) is 19.1. The van der Waals surface area contributed by atoms with Gasteiger partial charge in [0.1, 0.15) is 39.6 Å². The monoisotopic (exact) mass is 862 g/mol. The molecule has 2 N–H and O–H groups in total. The summed E-state index contributed by atoms with van der Waals surface area (Å²) in [5, 5.41) is 5.37. The molecule has 2 atom stereocenters. The number of alkyl carbamates (subject to hydrolysis) is 2. The maximum Gasteiger partial charge on any atom is 0.408 e. The number of ether oxygens (including phenoxy) is 8. The molecule has 0 aliphatic heterocycles. The summed E-state index contributed by atoms with van der Waals surface area (Å²) in [5.41, 5.74) is -4.89. The zero-order valence-electron chi connectivity index (χ0n) is 36.9. The van der Waals surface area contributed by atoms with Gasteiger partial charge in [-0.1, -0.05) is 53.3 Å². The van der Waals surface area contributed by atoms with Crippen LogP contribution in [0.5, 0.6) is 0 Å². The second kappa shape index (κ2) is 25.4. The molecule has 0 rings (SSSR count). The summed E-state index contributed by atoms with van der Waals surface area (Å²) in [6.45, 7) is 30.6. The Labute approximate surface area is 357 Å². The van der Waals surface area contributed by atoms with E-state index in [1.807, 2.05) is 6.92 Å². The Hall–Kier alpha value is -6.20. The second-order valence-corrected chi connectivity index (χ2v) is 15.3. The molecule has 0 radical (unpaired) electrons. The van der Waals surface area contributed by atoms with Gasteiger partial charge in [0, 0.05) is 45.5 Å². The molecule has 0 aliphatic rings. The van der Waals surface area contributed by atoms with Crippen molar-refractivity contribution in [1.29, 1.82) is 0 Å². The van der Waals surface area contributed by atoms with Crippen molar-refractivity contribution in [1.82, 2.24) is 10.6 Å². The third-order valence-corrected chi connectivity index (χ3v) is 8.40. The molecule has 0 aromatic carbocycles. The van der Waals surface area contributed by atoms with E-state index < -0.39 is 104 Å². The molecule has 61 heavy (non-hydrogen) atoms. The molecule has 0 bridgehead atoms. The first-order valence-electron chi connectivity index (χ1n) is 19.1. The minimum atomic E-state index is -2.03. The molecule has 0 aromatic heterocycles. The fourth-order valence-corrected chi connectivity index (χ4v) is 4.63. The average molecular weight is 863 g/mol. The van der Waals surface area contributed by atoms with Crippen molar-refractivity contribution in [3.63, 3.8) is 0 Å². The van der Waals surface area contributed by atoms with Crippen LogP contribution in [-0.4, -0.2) is 111 Å². The van der Waals surface area contributed by atoms with E-state index in [1.165, 1.54) is 41.5 Å². The number of nitrogens with one attached hydrogen (secondary N) is 2. The first kappa shape index (κ1) is 54.8. The fraction of sp³-hybridized carbons (Fsp3) is 0.535. The van der Waals surface area contributed by atoms with Crippen molar-refractivity contribution in [3.8, 4) is 0 Å². The van der Waals surface area contributed by atoms with Crippen molar-refractivity contribution >= 4 is 48.0 Å². The molecule has 0 fully saturated rings. The molecule has 0 spiro atoms. The average Bonchev–Trinajstić information content (AvgIpc) is 3.17. The van der Waals surface area contributed by atoms with Gasteiger partial charge in [-0.25, -0.2) is 38.4 Å². The van der Waals surface area contributed by atoms with E-state index in [2.05, 4.69) is 50.1 Å². The fourth-order valence-electron chi connectivity index (χ4n) is 4.63. The van der Waals surface area contributed by atoms with Gasteiger partial charge in [0.25, 0.3) is 0 Å². The SMILES string of the molecule is C=C(C)C(=O)OCC(COC(=O)C(=C)C)(COC(=O)C(=C)C)OC(=O)NCCC(C)CC(C)(CC)NC(=O)OC(COC(=O)C(=C)C)(COC(=O)C(=C)C)COC(=O)C(=C)C. The summed E-state index contributed by atoms with van der Waals surface area (Å²) >= 11 is 0. The topological polar surface area (TPSA) is 234 Å². The lowest BCUT2D eigenvalue weighted by Crippen LogP contribution is -2.55. The molecule has 18 nitrogen and oxygen atoms in total. The molecular formula is C43H62N2O16. The number of hydrogen-bond donors (Lipinski definition) is 2. The Morgan fingerprint density at radius 3 is 1.00 bits per heavy atom. The Balaban J connectivity index is 6.17. The van der Waals surface area contributed by atoms with E-state index >= 15 is 0 Å². The van der Waals surface area contributed by atoms with E-state index in [-0.39, 0.29) is 45.9 Å². The Morgan fingerprint density at radius 2 is 0.754 bits per heavy atom. The second-order valence-electron chi connectivity index (χ2n) is 15.3. The van der Waals surface area contributed by atoms with Gasteiger partial charge >= 0.3 is 48.0 Å². The van der Waals surface area contributed by atoms with Crippen LogP contribution in [0.15, 0.2) is 72.9 Å². The number of esters is 6. The van der Waals surface area contributed by atoms with Gasteiger partial charge in [-0.2, -0.15) is 0 Å². The van der Waals surface area contributed by atoms with Crippen LogP contribution in [0.3, 0.4) is 0 Å². The van der Waals surface area contributed by atoms with E-state index in [4.69, 9.17) is 37.9 Å². The standard InChI is InChI=1S/C43H62N2O16/c1-16-41(15,45-40(53)61-43(23-57-36(49)29(8)9,24-58-37(50)30(10)11)25-59-38(51)31(12)13)19-32(14)17-18-44-39(52)60-42(20-54-33(46)26(2)3,21-55-34(47)27(4)5)22-56-35(48)28(6)7/h32H,2,4,6,8,10,12,16-25H2,1,3,5,7,9,11,13-15H3,(H,44,52)(H,45,53). The summed E-state index contributed by atoms with van der Waals surface area (Å²) in [7, 11) is 0. The van der Waals surface area contributed by atoms with Gasteiger partial charge in [0.05, 0.1) is 0 Å². The van der Waals surface area contributed by atoms with E-state index in [9.17, 15) is 38.4 Å². The number of hydrogen-bond acceptors (Lipinski definition) is 16. The zero-order chi connectivity index (χ0) is 47.3. The number of carbonyl (C=O) groups excluding carboxylic acids is 8. The van der Waals surface area contributed by atoms with Crippen LogP contribution >= 0.6 is 0 Å². The lowest BCUT2D eigenvalue weighted by molar-refractivity contribution is -0.172. The van der Waals surface area contributed by atoms with Crippen molar-refractivity contribution in [2.75, 3.05) is 46.2 Å². The Kier molecular flexibility index (Phi) is 22.8. The third-order valence-electron chi connectivity index (χ3n) is 8.40. The molecule has 2 unspecified atom stereocenters. The van der Waals surface area contributed by atoms with Gasteiger partial charge in [-0.05, 0) is 73.6 Å². The predicted octanol–water partition coefficient (Wildman–Crippen LogP) is 5.22. The quantitative estimate of drug-likeness (QED) is 0.0612. The highest BCUT2D eigenvalue weighted by molar-refractivity contribution is 5.89. The predicted molar refractivity (Wildman–Crippen MR) is 221 cm³/mol. The maximum absolute atomic E-state index is 13.6. The van der Waals surface area contributed by atoms with Crippen LogP contribution in [0.25, 0.3) is 0 Å². The smallest absolute Gasteiger partial charge is 0.408 e. The summed E-state index contributed by atoms with van der Waals surface area (Å²) in [4.78, 5) is 101. The molecule has 18 heteroatoms. The summed E-state index contributed by atoms with van der Waals surface area (Å²) in [6.07, 6.45) is -1.07. The molecule has 0 heterocycles. The maximum atomic E-state index is 13.6. The minimum Gasteiger partial charge on any atom is -0.458 e. The van der Waals surface area contributed by atoms with Crippen LogP contribution in [-0.2, 0) is 66.7 Å². The Morgan fingerprint density at radius 1 is 0.492 bits per heavy atom. The van der Waals surface area contributed by atoms with Crippen LogP contribution in [0.2, 0.25) is 0 Å². The van der Waals surface area contributed by atoms with Gasteiger partial charge in [-0.3, -0.25) is 0 Å². The van der Waals surface area contributed by atoms with Crippen molar-refractivity contribution < 1.29 is 76.3 Å². The van der Waals surface area contributed by atoms with E-state index in [0.717, 1.165) is 0 Å². The van der Waals surface area contributed by atoms with Gasteiger partial charge in [0.15, 0.2) is 0 Å². The zero-order valence-corrected chi connectivity index (χ0v) is 36.9. The summed E-state index contributed by atoms with van der Waals surface area (Å²) < 4.78 is 42.9. The van der Waals surface area contributed by atoms with Crippen LogP contribution in [0.1, 0.15) is 81.6 Å². The number of carbonyl (C=O) groups is 8. The Bertz CT molecular complexity index is 1600. The first-order chi connectivity index (χ1) is 28.1. The van der Waals surface area contributed by atoms with Crippen molar-refractivity contribution in [3.05, 3.63) is 72.9 Å². The summed E-state index contributed by atoms with van der Waals surface area (Å²) in [5.74, 6) is -5.34. The lowest BCUT2D eigenvalue weighted by Gasteiger charge is -2.36. The van der Waals surface area contributed by atoms with Crippen molar-refractivity contribution in [2.45, 2.75) is 98.3 Å². The van der Waals surface area contributed by atoms with Gasteiger partial charge in [0.2, 0.25) is 11.2 Å². The van der Waals surface area contributed by atoms with Crippen LogP contribution in [0.4, 0.5) is 9.59 Å². The molecule has 0 saturated heterocycles. The highest BCUT2D eigenvalue weighted by Crippen LogP contribution is 2.25. The van der Waals surface area contributed by atoms with Crippen LogP contribution in [0, 0.1) is 5.92 Å². The molecule has 0 aromatic rings. The molecular weight excluding hydrogens is 800 g/mol. The largest absolute Gasteiger partial charge is 0.458 e. The highest BCUT2D eigenvalue weighted by atomic mass is 16.7. The molecule has 0 aliphatic carbocycles. The van der Waals surface area contributed by atoms with E-state index in [0.29, 0.717) is 19.3 Å². The van der Waals surface area contributed by atoms with Crippen LogP contribution < -0.4 is 10.6 Å². The number of rotatable bonds is 27. The third kappa shape index (κ3) is 21.1. The van der Waals surface area contributed by atoms with Crippen molar-refractivity contribution in [2.24, 2.45) is 5.92 Å². The normalized spacial score (nSPS) is 12.3. The molecule has 340 valence electrons. The van der Waals surface area contributed by atoms with Gasteiger partial charge < -0.3 is 48.5 Å². The van der Waals surface area contributed by atoms with E-state index in [1.54, 1.807) is 13.8 Å². The minimum absolute atomic E-state index is 0.0162. The molecule has 2 amide bonds. The lowest BCUT2D eigenvalue weighted by atomic mass is 9.86. The summed E-state index contributed by atoms with van der Waals surface area (Å²) in [6, 6.07) is 0. The number of amides is 2.